The number of carbonyl (C=O) groups excluding carboxylic acids is 1. The Morgan fingerprint density at radius 1 is 1.18 bits per heavy atom. The summed E-state index contributed by atoms with van der Waals surface area (Å²) in [4.78, 5) is 28.3. The number of non-ortho nitro benzene ring substituents is 1. The number of rotatable bonds is 8. The highest BCUT2D eigenvalue weighted by molar-refractivity contribution is 5.98. The Bertz CT molecular complexity index is 994. The molecule has 0 bridgehead atoms. The maximum absolute atomic E-state index is 12.5. The van der Waals surface area contributed by atoms with Gasteiger partial charge in [0, 0.05) is 47.9 Å². The molecule has 2 aromatic carbocycles. The number of aromatic amines is 1. The van der Waals surface area contributed by atoms with Crippen molar-refractivity contribution in [2.24, 2.45) is 0 Å². The van der Waals surface area contributed by atoms with Crippen LogP contribution in [-0.2, 0) is 12.8 Å². The lowest BCUT2D eigenvalue weighted by Gasteiger charge is -2.09. The summed E-state index contributed by atoms with van der Waals surface area (Å²) in [6.07, 6.45) is 3.44. The first kappa shape index (κ1) is 19.6. The van der Waals surface area contributed by atoms with Gasteiger partial charge in [0.2, 0.25) is 0 Å². The number of nitro benzene ring substituents is 1. The third kappa shape index (κ3) is 4.75. The van der Waals surface area contributed by atoms with E-state index in [2.05, 4.69) is 15.2 Å². The third-order valence-corrected chi connectivity index (χ3v) is 4.68. The van der Waals surface area contributed by atoms with Crippen LogP contribution in [0.5, 0.6) is 0 Å². The fourth-order valence-corrected chi connectivity index (χ4v) is 3.12. The molecule has 0 unspecified atom stereocenters. The second-order valence-corrected chi connectivity index (χ2v) is 7.06. The fraction of sp³-hybridized carbons (Fsp3) is 0.286. The van der Waals surface area contributed by atoms with E-state index in [0.717, 1.165) is 29.4 Å². The smallest absolute Gasteiger partial charge is 0.269 e. The Morgan fingerprint density at radius 2 is 2.00 bits per heavy atom. The molecule has 0 atom stereocenters. The number of likely N-dealkylation sites (N-methyl/N-ethyl adjacent to an activating group) is 1. The van der Waals surface area contributed by atoms with Crippen molar-refractivity contribution in [3.8, 4) is 0 Å². The summed E-state index contributed by atoms with van der Waals surface area (Å²) >= 11 is 0. The Kier molecular flexibility index (Phi) is 6.06. The largest absolute Gasteiger partial charge is 0.361 e. The molecule has 28 heavy (non-hydrogen) atoms. The zero-order valence-corrected chi connectivity index (χ0v) is 16.1. The Balaban J connectivity index is 1.64. The molecule has 0 radical (unpaired) electrons. The summed E-state index contributed by atoms with van der Waals surface area (Å²) in [5.74, 6) is -0.146. The van der Waals surface area contributed by atoms with Crippen LogP contribution in [0, 0.1) is 10.1 Å². The summed E-state index contributed by atoms with van der Waals surface area (Å²) in [6, 6.07) is 12.1. The molecule has 0 aliphatic carbocycles. The molecule has 3 rings (SSSR count). The highest BCUT2D eigenvalue weighted by Gasteiger charge is 2.11. The molecule has 7 heteroatoms. The van der Waals surface area contributed by atoms with Gasteiger partial charge in [-0.15, -0.1) is 0 Å². The summed E-state index contributed by atoms with van der Waals surface area (Å²) < 4.78 is 0. The number of hydrogen-bond acceptors (Lipinski definition) is 4. The number of fused-ring (bicyclic) bond motifs is 1. The van der Waals surface area contributed by atoms with E-state index in [1.54, 1.807) is 12.1 Å². The number of nitrogens with one attached hydrogen (secondary N) is 2. The average molecular weight is 380 g/mol. The quantitative estimate of drug-likeness (QED) is 0.464. The number of carbonyl (C=O) groups is 1. The molecule has 0 spiro atoms. The topological polar surface area (TPSA) is 91.3 Å². The van der Waals surface area contributed by atoms with E-state index in [-0.39, 0.29) is 11.6 Å². The summed E-state index contributed by atoms with van der Waals surface area (Å²) in [6.45, 7) is 1.35. The highest BCUT2D eigenvalue weighted by atomic mass is 16.6. The second kappa shape index (κ2) is 8.67. The van der Waals surface area contributed by atoms with Crippen molar-refractivity contribution in [3.05, 3.63) is 75.5 Å². The van der Waals surface area contributed by atoms with Crippen molar-refractivity contribution in [2.75, 3.05) is 27.2 Å². The van der Waals surface area contributed by atoms with Crippen LogP contribution in [0.25, 0.3) is 10.9 Å². The monoisotopic (exact) mass is 380 g/mol. The summed E-state index contributed by atoms with van der Waals surface area (Å²) in [5, 5.41) is 14.8. The molecule has 7 nitrogen and oxygen atoms in total. The van der Waals surface area contributed by atoms with Crippen molar-refractivity contribution >= 4 is 22.5 Å². The van der Waals surface area contributed by atoms with E-state index < -0.39 is 4.92 Å². The van der Waals surface area contributed by atoms with E-state index in [1.165, 1.54) is 17.7 Å². The Morgan fingerprint density at radius 3 is 2.75 bits per heavy atom. The molecule has 0 fully saturated rings. The molecule has 1 heterocycles. The fourth-order valence-electron chi connectivity index (χ4n) is 3.12. The third-order valence-electron chi connectivity index (χ3n) is 4.68. The molecule has 0 saturated heterocycles. The van der Waals surface area contributed by atoms with Gasteiger partial charge in [0.25, 0.3) is 11.6 Å². The van der Waals surface area contributed by atoms with Gasteiger partial charge in [-0.2, -0.15) is 0 Å². The maximum atomic E-state index is 12.5. The van der Waals surface area contributed by atoms with Crippen LogP contribution < -0.4 is 5.32 Å². The summed E-state index contributed by atoms with van der Waals surface area (Å²) in [5.41, 5.74) is 3.70. The Hall–Kier alpha value is -3.19. The average Bonchev–Trinajstić information content (AvgIpc) is 3.08. The minimum absolute atomic E-state index is 0.0620. The number of hydrogen-bond donors (Lipinski definition) is 2. The molecule has 146 valence electrons. The first-order valence-corrected chi connectivity index (χ1v) is 9.20. The molecule has 0 aliphatic heterocycles. The van der Waals surface area contributed by atoms with E-state index >= 15 is 0 Å². The van der Waals surface area contributed by atoms with E-state index in [9.17, 15) is 14.9 Å². The van der Waals surface area contributed by atoms with E-state index in [4.69, 9.17) is 0 Å². The van der Waals surface area contributed by atoms with Gasteiger partial charge in [0.05, 0.1) is 4.92 Å². The van der Waals surface area contributed by atoms with Crippen LogP contribution in [0.4, 0.5) is 5.69 Å². The molecular formula is C21H24N4O3. The number of aromatic nitrogens is 1. The number of nitrogens with zero attached hydrogens (tertiary/aromatic N) is 2. The van der Waals surface area contributed by atoms with Crippen LogP contribution in [0.15, 0.2) is 48.7 Å². The van der Waals surface area contributed by atoms with Crippen molar-refractivity contribution < 1.29 is 9.72 Å². The lowest BCUT2D eigenvalue weighted by Crippen LogP contribution is -2.25. The maximum Gasteiger partial charge on any atom is 0.269 e. The van der Waals surface area contributed by atoms with Gasteiger partial charge in [-0.1, -0.05) is 12.1 Å². The van der Waals surface area contributed by atoms with Gasteiger partial charge in [0.15, 0.2) is 0 Å². The summed E-state index contributed by atoms with van der Waals surface area (Å²) in [7, 11) is 4.07. The van der Waals surface area contributed by atoms with Gasteiger partial charge in [-0.25, -0.2) is 0 Å². The standard InChI is InChI=1S/C21H24N4O3/c1-24(2)11-9-17-14-23-20-7-6-16(13-19(17)20)21(26)22-10-8-15-4-3-5-18(12-15)25(27)28/h3-7,12-14,23H,8-11H2,1-2H3,(H,22,26). The first-order chi connectivity index (χ1) is 13.4. The van der Waals surface area contributed by atoms with Crippen LogP contribution in [0.2, 0.25) is 0 Å². The number of H-pyrrole nitrogens is 1. The minimum Gasteiger partial charge on any atom is -0.361 e. The predicted molar refractivity (Wildman–Crippen MR) is 110 cm³/mol. The number of amides is 1. The first-order valence-electron chi connectivity index (χ1n) is 9.20. The SMILES string of the molecule is CN(C)CCc1c[nH]c2ccc(C(=O)NCCc3cccc([N+](=O)[O-])c3)cc12. The van der Waals surface area contributed by atoms with Gasteiger partial charge >= 0.3 is 0 Å². The van der Waals surface area contributed by atoms with Gasteiger partial charge < -0.3 is 15.2 Å². The lowest BCUT2D eigenvalue weighted by molar-refractivity contribution is -0.384. The van der Waals surface area contributed by atoms with Gasteiger partial charge in [-0.05, 0) is 56.3 Å². The molecule has 1 aromatic heterocycles. The Labute approximate surface area is 163 Å². The van der Waals surface area contributed by atoms with Crippen molar-refractivity contribution in [3.63, 3.8) is 0 Å². The minimum atomic E-state index is -0.415. The molecule has 2 N–H and O–H groups in total. The molecular weight excluding hydrogens is 356 g/mol. The van der Waals surface area contributed by atoms with Crippen molar-refractivity contribution in [1.29, 1.82) is 0 Å². The predicted octanol–water partition coefficient (Wildman–Crippen LogP) is 3.15. The number of nitro groups is 1. The lowest BCUT2D eigenvalue weighted by atomic mass is 10.1. The van der Waals surface area contributed by atoms with Crippen molar-refractivity contribution in [2.45, 2.75) is 12.8 Å². The van der Waals surface area contributed by atoms with Crippen molar-refractivity contribution in [1.82, 2.24) is 15.2 Å². The second-order valence-electron chi connectivity index (χ2n) is 7.06. The van der Waals surface area contributed by atoms with E-state index in [0.29, 0.717) is 18.5 Å². The zero-order valence-electron chi connectivity index (χ0n) is 16.1. The molecule has 0 aliphatic rings. The van der Waals surface area contributed by atoms with Crippen LogP contribution >= 0.6 is 0 Å². The normalized spacial score (nSPS) is 11.1. The molecule has 3 aromatic rings. The van der Waals surface area contributed by atoms with Crippen LogP contribution in [0.3, 0.4) is 0 Å². The molecule has 1 amide bonds. The van der Waals surface area contributed by atoms with E-state index in [1.807, 2.05) is 38.5 Å². The van der Waals surface area contributed by atoms with Crippen LogP contribution in [-0.4, -0.2) is 47.9 Å². The number of benzene rings is 2. The van der Waals surface area contributed by atoms with Gasteiger partial charge in [0.1, 0.15) is 0 Å². The highest BCUT2D eigenvalue weighted by Crippen LogP contribution is 2.21. The van der Waals surface area contributed by atoms with Gasteiger partial charge in [-0.3, -0.25) is 14.9 Å². The zero-order chi connectivity index (χ0) is 20.1. The molecule has 0 saturated carbocycles. The van der Waals surface area contributed by atoms with Crippen LogP contribution in [0.1, 0.15) is 21.5 Å².